The number of aryl methyl sites for hydroxylation is 2. The van der Waals surface area contributed by atoms with Crippen molar-refractivity contribution in [1.29, 1.82) is 0 Å². The summed E-state index contributed by atoms with van der Waals surface area (Å²) in [6.07, 6.45) is 1.85. The Morgan fingerprint density at radius 2 is 1.94 bits per heavy atom. The maximum absolute atomic E-state index is 4.45. The van der Waals surface area contributed by atoms with Crippen LogP contribution < -0.4 is 4.90 Å². The molecule has 0 unspecified atom stereocenters. The summed E-state index contributed by atoms with van der Waals surface area (Å²) in [5.41, 5.74) is 3.18. The summed E-state index contributed by atoms with van der Waals surface area (Å²) in [5.74, 6) is 0. The summed E-state index contributed by atoms with van der Waals surface area (Å²) < 4.78 is 1.84. The van der Waals surface area contributed by atoms with Crippen molar-refractivity contribution in [1.82, 2.24) is 19.7 Å². The molecule has 0 aliphatic carbocycles. The van der Waals surface area contributed by atoms with E-state index in [4.69, 9.17) is 0 Å². The third-order valence-electron chi connectivity index (χ3n) is 3.17. The van der Waals surface area contributed by atoms with Crippen molar-refractivity contribution in [2.45, 2.75) is 6.92 Å². The van der Waals surface area contributed by atoms with E-state index in [2.05, 4.69) is 47.1 Å². The van der Waals surface area contributed by atoms with Gasteiger partial charge in [-0.05, 0) is 27.1 Å². The number of likely N-dealkylation sites (N-methyl/N-ethyl adjacent to an activating group) is 2. The second kappa shape index (κ2) is 4.94. The third-order valence-corrected chi connectivity index (χ3v) is 3.17. The lowest BCUT2D eigenvalue weighted by Gasteiger charge is -2.22. The molecule has 2 aromatic rings. The molecule has 2 aromatic heterocycles. The van der Waals surface area contributed by atoms with Crippen LogP contribution in [-0.4, -0.2) is 53.9 Å². The molecule has 0 N–H and O–H groups in total. The van der Waals surface area contributed by atoms with Crippen LogP contribution in [0.5, 0.6) is 0 Å². The van der Waals surface area contributed by atoms with Gasteiger partial charge in [-0.2, -0.15) is 5.10 Å². The molecule has 2 rings (SSSR count). The molecule has 5 heteroatoms. The fourth-order valence-corrected chi connectivity index (χ4v) is 2.14. The van der Waals surface area contributed by atoms with Gasteiger partial charge >= 0.3 is 0 Å². The highest BCUT2D eigenvalue weighted by atomic mass is 15.3. The fraction of sp³-hybridized carbons (Fsp3) is 0.538. The van der Waals surface area contributed by atoms with Crippen molar-refractivity contribution in [3.63, 3.8) is 0 Å². The lowest BCUT2D eigenvalue weighted by Crippen LogP contribution is -2.28. The maximum Gasteiger partial charge on any atom is 0.159 e. The minimum atomic E-state index is 0.946. The van der Waals surface area contributed by atoms with Crippen LogP contribution in [0.4, 0.5) is 5.69 Å². The molecule has 0 aromatic carbocycles. The van der Waals surface area contributed by atoms with Gasteiger partial charge in [-0.3, -0.25) is 4.68 Å². The molecule has 2 heterocycles. The average molecular weight is 247 g/mol. The first-order chi connectivity index (χ1) is 8.50. The monoisotopic (exact) mass is 247 g/mol. The number of pyridine rings is 1. The van der Waals surface area contributed by atoms with Crippen LogP contribution in [0.3, 0.4) is 0 Å². The quantitative estimate of drug-likeness (QED) is 0.815. The number of hydrogen-bond donors (Lipinski definition) is 0. The van der Waals surface area contributed by atoms with Gasteiger partial charge < -0.3 is 9.80 Å². The fourth-order valence-electron chi connectivity index (χ4n) is 2.14. The van der Waals surface area contributed by atoms with Gasteiger partial charge in [0.2, 0.25) is 0 Å². The Morgan fingerprint density at radius 3 is 2.61 bits per heavy atom. The van der Waals surface area contributed by atoms with E-state index >= 15 is 0 Å². The van der Waals surface area contributed by atoms with Crippen LogP contribution in [0.1, 0.15) is 5.69 Å². The number of fused-ring (bicyclic) bond motifs is 1. The first kappa shape index (κ1) is 12.8. The number of anilines is 1. The van der Waals surface area contributed by atoms with Crippen molar-refractivity contribution < 1.29 is 0 Å². The molecule has 0 atom stereocenters. The largest absolute Gasteiger partial charge is 0.373 e. The molecule has 0 radical (unpaired) electrons. The summed E-state index contributed by atoms with van der Waals surface area (Å²) in [4.78, 5) is 8.85. The van der Waals surface area contributed by atoms with E-state index in [0.717, 1.165) is 29.8 Å². The van der Waals surface area contributed by atoms with E-state index in [0.29, 0.717) is 0 Å². The van der Waals surface area contributed by atoms with Gasteiger partial charge in [-0.25, -0.2) is 4.98 Å². The molecule has 0 bridgehead atoms. The predicted molar refractivity (Wildman–Crippen MR) is 75.1 cm³/mol. The van der Waals surface area contributed by atoms with E-state index in [1.165, 1.54) is 5.69 Å². The Bertz CT molecular complexity index is 544. The highest BCUT2D eigenvalue weighted by Crippen LogP contribution is 2.26. The topological polar surface area (TPSA) is 37.2 Å². The number of hydrogen-bond acceptors (Lipinski definition) is 4. The van der Waals surface area contributed by atoms with E-state index in [1.807, 2.05) is 24.9 Å². The lowest BCUT2D eigenvalue weighted by molar-refractivity contribution is 0.416. The summed E-state index contributed by atoms with van der Waals surface area (Å²) in [5, 5.41) is 5.60. The van der Waals surface area contributed by atoms with Gasteiger partial charge in [0.25, 0.3) is 0 Å². The highest BCUT2D eigenvalue weighted by Gasteiger charge is 2.13. The molecule has 5 nitrogen and oxygen atoms in total. The summed E-state index contributed by atoms with van der Waals surface area (Å²) in [6, 6.07) is 2.06. The standard InChI is InChI=1S/C13H21N5/c1-10-12-11(17(4)9-8-16(2)3)6-7-14-13(12)18(5)15-10/h6-7H,8-9H2,1-5H3. The predicted octanol–water partition coefficient (Wildman–Crippen LogP) is 1.27. The molecule has 18 heavy (non-hydrogen) atoms. The van der Waals surface area contributed by atoms with E-state index < -0.39 is 0 Å². The normalized spacial score (nSPS) is 11.4. The summed E-state index contributed by atoms with van der Waals surface area (Å²) in [7, 11) is 8.23. The van der Waals surface area contributed by atoms with Crippen LogP contribution in [0, 0.1) is 6.92 Å². The van der Waals surface area contributed by atoms with Crippen molar-refractivity contribution >= 4 is 16.7 Å². The second-order valence-electron chi connectivity index (χ2n) is 4.96. The van der Waals surface area contributed by atoms with Gasteiger partial charge in [-0.1, -0.05) is 0 Å². The molecule has 0 fully saturated rings. The zero-order valence-corrected chi connectivity index (χ0v) is 11.8. The maximum atomic E-state index is 4.45. The van der Waals surface area contributed by atoms with Crippen LogP contribution >= 0.6 is 0 Å². The summed E-state index contributed by atoms with van der Waals surface area (Å²) in [6.45, 7) is 4.05. The number of rotatable bonds is 4. The molecular formula is C13H21N5. The van der Waals surface area contributed by atoms with Gasteiger partial charge in [-0.15, -0.1) is 0 Å². The molecule has 0 spiro atoms. The van der Waals surface area contributed by atoms with Gasteiger partial charge in [0.05, 0.1) is 16.8 Å². The molecular weight excluding hydrogens is 226 g/mol. The number of nitrogens with zero attached hydrogens (tertiary/aromatic N) is 5. The first-order valence-electron chi connectivity index (χ1n) is 6.15. The van der Waals surface area contributed by atoms with E-state index in [1.54, 1.807) is 0 Å². The Labute approximate surface area is 108 Å². The van der Waals surface area contributed by atoms with Gasteiger partial charge in [0.1, 0.15) is 0 Å². The molecule has 0 aliphatic rings. The molecule has 0 aliphatic heterocycles. The zero-order valence-electron chi connectivity index (χ0n) is 11.8. The Balaban J connectivity index is 2.38. The molecule has 0 saturated heterocycles. The Morgan fingerprint density at radius 1 is 1.22 bits per heavy atom. The SMILES string of the molecule is Cc1nn(C)c2nccc(N(C)CCN(C)C)c12. The Hall–Kier alpha value is -1.62. The minimum absolute atomic E-state index is 0.946. The van der Waals surface area contributed by atoms with Crippen LogP contribution in [0.15, 0.2) is 12.3 Å². The van der Waals surface area contributed by atoms with Gasteiger partial charge in [0, 0.05) is 33.4 Å². The number of aromatic nitrogens is 3. The first-order valence-corrected chi connectivity index (χ1v) is 6.15. The van der Waals surface area contributed by atoms with Crippen molar-refractivity contribution in [3.8, 4) is 0 Å². The third kappa shape index (κ3) is 2.31. The summed E-state index contributed by atoms with van der Waals surface area (Å²) >= 11 is 0. The molecule has 98 valence electrons. The smallest absolute Gasteiger partial charge is 0.159 e. The van der Waals surface area contributed by atoms with E-state index in [-0.39, 0.29) is 0 Å². The van der Waals surface area contributed by atoms with Crippen molar-refractivity contribution in [2.24, 2.45) is 7.05 Å². The second-order valence-corrected chi connectivity index (χ2v) is 4.96. The van der Waals surface area contributed by atoms with Crippen molar-refractivity contribution in [2.75, 3.05) is 39.1 Å². The average Bonchev–Trinajstić information content (AvgIpc) is 2.62. The Kier molecular flexibility index (Phi) is 3.52. The van der Waals surface area contributed by atoms with Crippen LogP contribution in [-0.2, 0) is 7.05 Å². The van der Waals surface area contributed by atoms with Gasteiger partial charge in [0.15, 0.2) is 5.65 Å². The van der Waals surface area contributed by atoms with Crippen molar-refractivity contribution in [3.05, 3.63) is 18.0 Å². The van der Waals surface area contributed by atoms with E-state index in [9.17, 15) is 0 Å². The minimum Gasteiger partial charge on any atom is -0.373 e. The van der Waals surface area contributed by atoms with Crippen LogP contribution in [0.2, 0.25) is 0 Å². The zero-order chi connectivity index (χ0) is 13.3. The lowest BCUT2D eigenvalue weighted by atomic mass is 10.2. The highest BCUT2D eigenvalue weighted by molar-refractivity contribution is 5.91. The molecule has 0 amide bonds. The molecule has 0 saturated carbocycles. The van der Waals surface area contributed by atoms with Crippen LogP contribution in [0.25, 0.3) is 11.0 Å².